The van der Waals surface area contributed by atoms with Crippen molar-refractivity contribution in [3.05, 3.63) is 47.5 Å². The van der Waals surface area contributed by atoms with Gasteiger partial charge in [-0.15, -0.1) is 0 Å². The number of rotatable bonds is 5. The van der Waals surface area contributed by atoms with E-state index in [0.29, 0.717) is 18.0 Å². The maximum Gasteiger partial charge on any atom is 0.145 e. The Bertz CT molecular complexity index is 637. The zero-order valence-corrected chi connectivity index (χ0v) is 12.4. The van der Waals surface area contributed by atoms with Gasteiger partial charge < -0.3 is 15.2 Å². The van der Waals surface area contributed by atoms with Crippen LogP contribution in [-0.4, -0.2) is 6.61 Å². The zero-order chi connectivity index (χ0) is 14.7. The van der Waals surface area contributed by atoms with Crippen LogP contribution in [0.4, 0.5) is 5.69 Å². The molecule has 0 bridgehead atoms. The fraction of sp³-hybridized carbons (Fsp3) is 0.333. The summed E-state index contributed by atoms with van der Waals surface area (Å²) >= 11 is 0. The Labute approximate surface area is 125 Å². The second-order valence-corrected chi connectivity index (χ2v) is 5.43. The van der Waals surface area contributed by atoms with Gasteiger partial charge in [0, 0.05) is 6.07 Å². The SMILES string of the molecule is CCCOc1cc(Oc2ccc3c(c2)CCC3)ccc1N. The van der Waals surface area contributed by atoms with Crippen LogP contribution in [0, 0.1) is 0 Å². The van der Waals surface area contributed by atoms with E-state index in [9.17, 15) is 0 Å². The summed E-state index contributed by atoms with van der Waals surface area (Å²) in [6, 6.07) is 11.9. The largest absolute Gasteiger partial charge is 0.491 e. The standard InChI is InChI=1S/C18H21NO2/c1-2-10-20-18-12-16(8-9-17(18)19)21-15-7-6-13-4-3-5-14(13)11-15/h6-9,11-12H,2-5,10,19H2,1H3. The fourth-order valence-electron chi connectivity index (χ4n) is 2.66. The Kier molecular flexibility index (Phi) is 4.00. The van der Waals surface area contributed by atoms with Crippen LogP contribution < -0.4 is 15.2 Å². The molecule has 2 N–H and O–H groups in total. The number of anilines is 1. The van der Waals surface area contributed by atoms with Gasteiger partial charge in [-0.3, -0.25) is 0 Å². The van der Waals surface area contributed by atoms with Gasteiger partial charge in [-0.1, -0.05) is 13.0 Å². The predicted molar refractivity (Wildman–Crippen MR) is 85.2 cm³/mol. The maximum absolute atomic E-state index is 5.94. The average Bonchev–Trinajstić information content (AvgIpc) is 2.95. The lowest BCUT2D eigenvalue weighted by Crippen LogP contribution is -1.99. The fourth-order valence-corrected chi connectivity index (χ4v) is 2.66. The molecule has 1 aliphatic rings. The van der Waals surface area contributed by atoms with Gasteiger partial charge in [-0.05, 0) is 61.1 Å². The van der Waals surface area contributed by atoms with Crippen LogP contribution >= 0.6 is 0 Å². The highest BCUT2D eigenvalue weighted by Crippen LogP contribution is 2.32. The first-order chi connectivity index (χ1) is 10.3. The molecular formula is C18H21NO2. The highest BCUT2D eigenvalue weighted by atomic mass is 16.5. The van der Waals surface area contributed by atoms with E-state index in [4.69, 9.17) is 15.2 Å². The Morgan fingerprint density at radius 2 is 1.76 bits per heavy atom. The Hall–Kier alpha value is -2.16. The topological polar surface area (TPSA) is 44.5 Å². The zero-order valence-electron chi connectivity index (χ0n) is 12.4. The van der Waals surface area contributed by atoms with Crippen molar-refractivity contribution in [2.45, 2.75) is 32.6 Å². The first kappa shape index (κ1) is 13.8. The number of hydrogen-bond donors (Lipinski definition) is 1. The van der Waals surface area contributed by atoms with E-state index >= 15 is 0 Å². The third-order valence-corrected chi connectivity index (χ3v) is 3.75. The highest BCUT2D eigenvalue weighted by Gasteiger charge is 2.12. The molecule has 0 heterocycles. The molecule has 0 aromatic heterocycles. The molecule has 0 saturated carbocycles. The molecule has 0 saturated heterocycles. The number of nitrogens with two attached hydrogens (primary N) is 1. The molecule has 110 valence electrons. The van der Waals surface area contributed by atoms with Crippen molar-refractivity contribution in [3.63, 3.8) is 0 Å². The quantitative estimate of drug-likeness (QED) is 0.830. The molecule has 1 aliphatic carbocycles. The lowest BCUT2D eigenvalue weighted by atomic mass is 10.1. The highest BCUT2D eigenvalue weighted by molar-refractivity contribution is 5.56. The van der Waals surface area contributed by atoms with E-state index in [0.717, 1.165) is 24.3 Å². The third-order valence-electron chi connectivity index (χ3n) is 3.75. The van der Waals surface area contributed by atoms with Crippen molar-refractivity contribution in [1.82, 2.24) is 0 Å². The van der Waals surface area contributed by atoms with Gasteiger partial charge in [-0.25, -0.2) is 0 Å². The summed E-state index contributed by atoms with van der Waals surface area (Å²) in [5, 5.41) is 0. The third kappa shape index (κ3) is 3.13. The normalized spacial score (nSPS) is 13.0. The van der Waals surface area contributed by atoms with Gasteiger partial charge in [0.25, 0.3) is 0 Å². The minimum atomic E-state index is 0.643. The predicted octanol–water partition coefficient (Wildman–Crippen LogP) is 4.34. The molecular weight excluding hydrogens is 262 g/mol. The molecule has 0 aliphatic heterocycles. The van der Waals surface area contributed by atoms with Gasteiger partial charge in [0.15, 0.2) is 0 Å². The van der Waals surface area contributed by atoms with Crippen LogP contribution in [0.15, 0.2) is 36.4 Å². The van der Waals surface area contributed by atoms with Gasteiger partial charge in [0.2, 0.25) is 0 Å². The summed E-state index contributed by atoms with van der Waals surface area (Å²) in [4.78, 5) is 0. The number of fused-ring (bicyclic) bond motifs is 1. The van der Waals surface area contributed by atoms with Gasteiger partial charge in [0.05, 0.1) is 12.3 Å². The molecule has 0 radical (unpaired) electrons. The van der Waals surface area contributed by atoms with Gasteiger partial charge in [0.1, 0.15) is 17.2 Å². The molecule has 21 heavy (non-hydrogen) atoms. The first-order valence-corrected chi connectivity index (χ1v) is 7.58. The van der Waals surface area contributed by atoms with Crippen molar-refractivity contribution in [2.75, 3.05) is 12.3 Å². The smallest absolute Gasteiger partial charge is 0.145 e. The van der Waals surface area contributed by atoms with E-state index in [-0.39, 0.29) is 0 Å². The average molecular weight is 283 g/mol. The molecule has 3 rings (SSSR count). The van der Waals surface area contributed by atoms with Crippen LogP contribution in [0.1, 0.15) is 30.9 Å². The lowest BCUT2D eigenvalue weighted by Gasteiger charge is -2.12. The van der Waals surface area contributed by atoms with Crippen LogP contribution in [-0.2, 0) is 12.8 Å². The van der Waals surface area contributed by atoms with Crippen molar-refractivity contribution in [3.8, 4) is 17.2 Å². The van der Waals surface area contributed by atoms with E-state index in [1.54, 1.807) is 0 Å². The summed E-state index contributed by atoms with van der Waals surface area (Å²) in [5.74, 6) is 2.32. The van der Waals surface area contributed by atoms with Crippen molar-refractivity contribution >= 4 is 5.69 Å². The summed E-state index contributed by atoms with van der Waals surface area (Å²) in [6.45, 7) is 2.73. The Morgan fingerprint density at radius 3 is 2.62 bits per heavy atom. The first-order valence-electron chi connectivity index (χ1n) is 7.58. The minimum absolute atomic E-state index is 0.643. The number of nitrogen functional groups attached to an aromatic ring is 1. The number of aryl methyl sites for hydroxylation is 2. The summed E-state index contributed by atoms with van der Waals surface area (Å²) in [5.41, 5.74) is 9.42. The maximum atomic E-state index is 5.94. The molecule has 0 fully saturated rings. The second-order valence-electron chi connectivity index (χ2n) is 5.43. The number of ether oxygens (including phenoxy) is 2. The molecule has 3 heteroatoms. The minimum Gasteiger partial charge on any atom is -0.491 e. The van der Waals surface area contributed by atoms with Gasteiger partial charge in [-0.2, -0.15) is 0 Å². The monoisotopic (exact) mass is 283 g/mol. The summed E-state index contributed by atoms with van der Waals surface area (Å²) in [6.07, 6.45) is 4.54. The molecule has 2 aromatic rings. The molecule has 0 unspecified atom stereocenters. The van der Waals surface area contributed by atoms with Crippen molar-refractivity contribution < 1.29 is 9.47 Å². The van der Waals surface area contributed by atoms with E-state index in [1.807, 2.05) is 24.3 Å². The van der Waals surface area contributed by atoms with Gasteiger partial charge >= 0.3 is 0 Å². The van der Waals surface area contributed by atoms with E-state index in [2.05, 4.69) is 19.1 Å². The van der Waals surface area contributed by atoms with Crippen molar-refractivity contribution in [2.24, 2.45) is 0 Å². The molecule has 3 nitrogen and oxygen atoms in total. The molecule has 2 aromatic carbocycles. The van der Waals surface area contributed by atoms with Crippen molar-refractivity contribution in [1.29, 1.82) is 0 Å². The Morgan fingerprint density at radius 1 is 1.00 bits per heavy atom. The molecule has 0 spiro atoms. The summed E-state index contributed by atoms with van der Waals surface area (Å²) < 4.78 is 11.6. The molecule has 0 atom stereocenters. The number of benzene rings is 2. The molecule has 0 amide bonds. The summed E-state index contributed by atoms with van der Waals surface area (Å²) in [7, 11) is 0. The van der Waals surface area contributed by atoms with Crippen LogP contribution in [0.3, 0.4) is 0 Å². The lowest BCUT2D eigenvalue weighted by molar-refractivity contribution is 0.317. The van der Waals surface area contributed by atoms with E-state index < -0.39 is 0 Å². The van der Waals surface area contributed by atoms with E-state index in [1.165, 1.54) is 24.0 Å². The number of hydrogen-bond acceptors (Lipinski definition) is 3. The Balaban J connectivity index is 1.78. The van der Waals surface area contributed by atoms with Crippen LogP contribution in [0.25, 0.3) is 0 Å². The van der Waals surface area contributed by atoms with Crippen LogP contribution in [0.2, 0.25) is 0 Å². The van der Waals surface area contributed by atoms with Crippen LogP contribution in [0.5, 0.6) is 17.2 Å². The second kappa shape index (κ2) is 6.08.